The Bertz CT molecular complexity index is 1020. The van der Waals surface area contributed by atoms with E-state index in [2.05, 4.69) is 30.5 Å². The molecule has 0 saturated heterocycles. The van der Waals surface area contributed by atoms with Gasteiger partial charge in [0.25, 0.3) is 5.91 Å². The minimum Gasteiger partial charge on any atom is -0.445 e. The molecule has 4 N–H and O–H groups in total. The Hall–Kier alpha value is -3.46. The van der Waals surface area contributed by atoms with Crippen molar-refractivity contribution >= 4 is 23.4 Å². The lowest BCUT2D eigenvalue weighted by Gasteiger charge is -2.38. The average Bonchev–Trinajstić information content (AvgIpc) is 3.34. The van der Waals surface area contributed by atoms with Crippen molar-refractivity contribution in [3.63, 3.8) is 0 Å². The van der Waals surface area contributed by atoms with Gasteiger partial charge in [-0.05, 0) is 44.2 Å². The van der Waals surface area contributed by atoms with Crippen molar-refractivity contribution in [2.24, 2.45) is 5.73 Å². The van der Waals surface area contributed by atoms with Crippen molar-refractivity contribution in [2.45, 2.75) is 37.8 Å². The summed E-state index contributed by atoms with van der Waals surface area (Å²) in [5.41, 5.74) is 7.42. The van der Waals surface area contributed by atoms with Gasteiger partial charge in [0.1, 0.15) is 17.6 Å². The van der Waals surface area contributed by atoms with Crippen LogP contribution >= 0.6 is 0 Å². The zero-order chi connectivity index (χ0) is 21.8. The van der Waals surface area contributed by atoms with Gasteiger partial charge in [-0.15, -0.1) is 0 Å². The highest BCUT2D eigenvalue weighted by molar-refractivity contribution is 5.98. The molecule has 1 aliphatic carbocycles. The second-order valence-corrected chi connectivity index (χ2v) is 7.69. The summed E-state index contributed by atoms with van der Waals surface area (Å²) in [6, 6.07) is 8.16. The molecule has 4 rings (SSSR count). The first kappa shape index (κ1) is 20.8. The van der Waals surface area contributed by atoms with Crippen LogP contribution in [0.3, 0.4) is 0 Å². The molecule has 0 spiro atoms. The number of nitrogens with zero attached hydrogens (tertiary/aromatic N) is 4. The lowest BCUT2D eigenvalue weighted by Crippen LogP contribution is -2.50. The molecule has 1 saturated carbocycles. The molecule has 31 heavy (non-hydrogen) atoms. The van der Waals surface area contributed by atoms with Crippen LogP contribution in [0.15, 0.2) is 47.3 Å². The van der Waals surface area contributed by atoms with E-state index in [9.17, 15) is 4.79 Å². The summed E-state index contributed by atoms with van der Waals surface area (Å²) in [7, 11) is 3.98. The molecule has 1 amide bonds. The number of nitrogens with one attached hydrogen (secondary N) is 2. The van der Waals surface area contributed by atoms with E-state index in [1.807, 2.05) is 38.4 Å². The fourth-order valence-electron chi connectivity index (χ4n) is 4.08. The number of nitrogens with two attached hydrogens (primary N) is 1. The van der Waals surface area contributed by atoms with Gasteiger partial charge in [-0.1, -0.05) is 12.8 Å². The Balaban J connectivity index is 1.59. The van der Waals surface area contributed by atoms with E-state index in [1.54, 1.807) is 6.20 Å². The van der Waals surface area contributed by atoms with E-state index in [1.165, 1.54) is 25.3 Å². The van der Waals surface area contributed by atoms with Crippen LogP contribution in [0.2, 0.25) is 0 Å². The van der Waals surface area contributed by atoms with Crippen molar-refractivity contribution in [3.05, 3.63) is 48.5 Å². The number of primary amides is 1. The Kier molecular flexibility index (Phi) is 6.13. The van der Waals surface area contributed by atoms with Gasteiger partial charge in [-0.25, -0.2) is 9.97 Å². The molecule has 2 heterocycles. The predicted molar refractivity (Wildman–Crippen MR) is 119 cm³/mol. The molecule has 9 nitrogen and oxygen atoms in total. The van der Waals surface area contributed by atoms with E-state index in [0.29, 0.717) is 23.7 Å². The predicted octanol–water partition coefficient (Wildman–Crippen LogP) is 2.94. The number of aromatic nitrogens is 3. The maximum absolute atomic E-state index is 12.0. The van der Waals surface area contributed by atoms with Crippen LogP contribution in [-0.4, -0.2) is 47.0 Å². The summed E-state index contributed by atoms with van der Waals surface area (Å²) in [5, 5.41) is 6.61. The third-order valence-corrected chi connectivity index (χ3v) is 5.78. The summed E-state index contributed by atoms with van der Waals surface area (Å²) in [6.07, 6.45) is 9.19. The summed E-state index contributed by atoms with van der Waals surface area (Å²) in [5.74, 6) is 0.891. The van der Waals surface area contributed by atoms with Crippen molar-refractivity contribution in [2.75, 3.05) is 24.3 Å². The van der Waals surface area contributed by atoms with Gasteiger partial charge in [-0.2, -0.15) is 4.98 Å². The van der Waals surface area contributed by atoms with E-state index in [-0.39, 0.29) is 11.6 Å². The minimum absolute atomic E-state index is 0.239. The topological polar surface area (TPSA) is 122 Å². The van der Waals surface area contributed by atoms with Crippen LogP contribution in [0.5, 0.6) is 0 Å². The van der Waals surface area contributed by atoms with E-state index in [4.69, 9.17) is 10.2 Å². The average molecular weight is 422 g/mol. The van der Waals surface area contributed by atoms with Gasteiger partial charge in [-0.3, -0.25) is 4.79 Å². The van der Waals surface area contributed by atoms with Crippen LogP contribution < -0.4 is 21.3 Å². The molecule has 162 valence electrons. The number of anilines is 3. The van der Waals surface area contributed by atoms with Gasteiger partial charge in [0, 0.05) is 36.6 Å². The molecular weight excluding hydrogens is 394 g/mol. The Morgan fingerprint density at radius 2 is 1.97 bits per heavy atom. The summed E-state index contributed by atoms with van der Waals surface area (Å²) in [4.78, 5) is 27.3. The normalized spacial score (nSPS) is 18.5. The molecule has 1 fully saturated rings. The zero-order valence-electron chi connectivity index (χ0n) is 17.7. The zero-order valence-corrected chi connectivity index (χ0v) is 17.7. The molecule has 0 unspecified atom stereocenters. The lowest BCUT2D eigenvalue weighted by molar-refractivity contribution is 0.100. The first-order chi connectivity index (χ1) is 15.1. The van der Waals surface area contributed by atoms with Gasteiger partial charge < -0.3 is 25.7 Å². The summed E-state index contributed by atoms with van der Waals surface area (Å²) >= 11 is 0. The molecule has 0 radical (unpaired) electrons. The smallest absolute Gasteiger partial charge is 0.254 e. The standard InChI is InChI=1S/C22H27N7O2/c1-24-17-5-3-4-6-18(17)29(2)22-26-13-16(19(23)30)20(28-22)27-15-9-7-14(8-10-15)21-25-11-12-31-21/h7-13,17-18,24H,3-6H2,1-2H3,(H2,23,30)(H,26,27,28)/t17-,18+/m0/s1. The number of hydrogen-bond donors (Lipinski definition) is 3. The fourth-order valence-corrected chi connectivity index (χ4v) is 4.08. The van der Waals surface area contributed by atoms with Crippen LogP contribution in [0.25, 0.3) is 11.5 Å². The van der Waals surface area contributed by atoms with Crippen molar-refractivity contribution in [3.8, 4) is 11.5 Å². The van der Waals surface area contributed by atoms with Crippen LogP contribution in [0, 0.1) is 0 Å². The second-order valence-electron chi connectivity index (χ2n) is 7.69. The molecule has 1 aromatic carbocycles. The maximum Gasteiger partial charge on any atom is 0.254 e. The highest BCUT2D eigenvalue weighted by Crippen LogP contribution is 2.27. The first-order valence-electron chi connectivity index (χ1n) is 10.4. The lowest BCUT2D eigenvalue weighted by atomic mass is 9.89. The third kappa shape index (κ3) is 4.51. The van der Waals surface area contributed by atoms with Crippen molar-refractivity contribution in [1.29, 1.82) is 0 Å². The van der Waals surface area contributed by atoms with E-state index >= 15 is 0 Å². The van der Waals surface area contributed by atoms with Gasteiger partial charge >= 0.3 is 0 Å². The van der Waals surface area contributed by atoms with E-state index < -0.39 is 5.91 Å². The summed E-state index contributed by atoms with van der Waals surface area (Å²) in [6.45, 7) is 0. The van der Waals surface area contributed by atoms with E-state index in [0.717, 1.165) is 24.1 Å². The minimum atomic E-state index is -0.584. The molecule has 1 aliphatic rings. The number of rotatable bonds is 7. The second kappa shape index (κ2) is 9.13. The molecule has 0 bridgehead atoms. The monoisotopic (exact) mass is 421 g/mol. The molecule has 0 aliphatic heterocycles. The molecule has 3 aromatic rings. The highest BCUT2D eigenvalue weighted by atomic mass is 16.3. The maximum atomic E-state index is 12.0. The van der Waals surface area contributed by atoms with Gasteiger partial charge in [0.05, 0.1) is 6.20 Å². The highest BCUT2D eigenvalue weighted by Gasteiger charge is 2.29. The number of likely N-dealkylation sites (N-methyl/N-ethyl adjacent to an activating group) is 2. The first-order valence-corrected chi connectivity index (χ1v) is 10.4. The molecule has 2 aromatic heterocycles. The van der Waals surface area contributed by atoms with Crippen molar-refractivity contribution < 1.29 is 9.21 Å². The molecule has 9 heteroatoms. The number of oxazole rings is 1. The quantitative estimate of drug-likeness (QED) is 0.532. The Morgan fingerprint density at radius 3 is 2.65 bits per heavy atom. The number of carbonyl (C=O) groups excluding carboxylic acids is 1. The van der Waals surface area contributed by atoms with Crippen molar-refractivity contribution in [1.82, 2.24) is 20.3 Å². The molecular formula is C22H27N7O2. The number of amides is 1. The number of carbonyl (C=O) groups is 1. The third-order valence-electron chi connectivity index (χ3n) is 5.78. The summed E-state index contributed by atoms with van der Waals surface area (Å²) < 4.78 is 5.32. The number of benzene rings is 1. The van der Waals surface area contributed by atoms with Gasteiger partial charge in [0.15, 0.2) is 0 Å². The van der Waals surface area contributed by atoms with Crippen LogP contribution in [0.1, 0.15) is 36.0 Å². The van der Waals surface area contributed by atoms with Crippen LogP contribution in [-0.2, 0) is 0 Å². The SMILES string of the molecule is CN[C@H]1CCCC[C@H]1N(C)c1ncc(C(N)=O)c(Nc2ccc(-c3ncco3)cc2)n1. The largest absolute Gasteiger partial charge is 0.445 e. The fraction of sp³-hybridized carbons (Fsp3) is 0.364. The Labute approximate surface area is 181 Å². The number of hydrogen-bond acceptors (Lipinski definition) is 8. The van der Waals surface area contributed by atoms with Gasteiger partial charge in [0.2, 0.25) is 11.8 Å². The van der Waals surface area contributed by atoms with Crippen LogP contribution in [0.4, 0.5) is 17.5 Å². The molecule has 2 atom stereocenters. The Morgan fingerprint density at radius 1 is 1.19 bits per heavy atom.